The molecule has 8 nitrogen and oxygen atoms in total. The zero-order valence-electron chi connectivity index (χ0n) is 9.99. The summed E-state index contributed by atoms with van der Waals surface area (Å²) in [6.07, 6.45) is 0. The maximum Gasteiger partial charge on any atom is 0.330 e. The Bertz CT molecular complexity index is 538. The van der Waals surface area contributed by atoms with Crippen molar-refractivity contribution in [3.63, 3.8) is 0 Å². The van der Waals surface area contributed by atoms with E-state index in [9.17, 15) is 14.9 Å². The number of nitro groups is 1. The molecule has 19 heavy (non-hydrogen) atoms. The van der Waals surface area contributed by atoms with Crippen LogP contribution in [0.4, 0.5) is 11.4 Å². The number of benzene rings is 1. The molecule has 1 aromatic carbocycles. The Morgan fingerprint density at radius 1 is 1.68 bits per heavy atom. The molecule has 2 N–H and O–H groups in total. The molecule has 1 aromatic rings. The number of ether oxygens (including phenoxy) is 1. The molecular formula is C11H11N3O5. The van der Waals surface area contributed by atoms with Gasteiger partial charge in [0.2, 0.25) is 0 Å². The number of rotatable bonds is 5. The molecule has 0 aromatic heterocycles. The number of carbonyl (C=O) groups is 1. The lowest BCUT2D eigenvalue weighted by Gasteiger charge is -2.15. The van der Waals surface area contributed by atoms with Gasteiger partial charge in [0.1, 0.15) is 11.7 Å². The molecule has 0 saturated heterocycles. The van der Waals surface area contributed by atoms with E-state index in [1.165, 1.54) is 12.1 Å². The Labute approximate surface area is 108 Å². The molecule has 1 unspecified atom stereocenters. The Kier molecular flexibility index (Phi) is 4.79. The summed E-state index contributed by atoms with van der Waals surface area (Å²) in [5.41, 5.74) is -0.217. The summed E-state index contributed by atoms with van der Waals surface area (Å²) in [4.78, 5) is 21.5. The van der Waals surface area contributed by atoms with E-state index in [1.54, 1.807) is 6.07 Å². The highest BCUT2D eigenvalue weighted by Gasteiger charge is 2.22. The number of aliphatic hydroxyl groups is 1. The van der Waals surface area contributed by atoms with Crippen molar-refractivity contribution in [1.29, 1.82) is 5.26 Å². The first-order valence-electron chi connectivity index (χ1n) is 5.17. The molecule has 1 atom stereocenters. The highest BCUT2D eigenvalue weighted by atomic mass is 16.6. The smallest absolute Gasteiger partial charge is 0.330 e. The van der Waals surface area contributed by atoms with E-state index in [0.29, 0.717) is 0 Å². The minimum atomic E-state index is -1.11. The van der Waals surface area contributed by atoms with Gasteiger partial charge in [0.25, 0.3) is 5.69 Å². The molecule has 0 fully saturated rings. The lowest BCUT2D eigenvalue weighted by atomic mass is 10.1. The number of methoxy groups -OCH3 is 1. The van der Waals surface area contributed by atoms with Crippen molar-refractivity contribution in [3.8, 4) is 6.07 Å². The van der Waals surface area contributed by atoms with Gasteiger partial charge in [-0.25, -0.2) is 4.79 Å². The number of nitro benzene ring substituents is 1. The summed E-state index contributed by atoms with van der Waals surface area (Å²) in [5.74, 6) is -0.749. The molecule has 0 aliphatic rings. The van der Waals surface area contributed by atoms with Crippen molar-refractivity contribution in [1.82, 2.24) is 0 Å². The number of anilines is 1. The Hall–Kier alpha value is -2.66. The normalized spacial score (nSPS) is 11.2. The lowest BCUT2D eigenvalue weighted by molar-refractivity contribution is -0.384. The third-order valence-electron chi connectivity index (χ3n) is 2.32. The number of hydrogen-bond donors (Lipinski definition) is 2. The quantitative estimate of drug-likeness (QED) is 0.448. The van der Waals surface area contributed by atoms with Crippen molar-refractivity contribution in [2.75, 3.05) is 19.0 Å². The molecule has 0 aliphatic heterocycles. The van der Waals surface area contributed by atoms with Gasteiger partial charge >= 0.3 is 5.97 Å². The van der Waals surface area contributed by atoms with Gasteiger partial charge in [-0.15, -0.1) is 0 Å². The van der Waals surface area contributed by atoms with Crippen LogP contribution in [0.15, 0.2) is 18.2 Å². The summed E-state index contributed by atoms with van der Waals surface area (Å²) in [5, 5.41) is 31.1. The molecule has 100 valence electrons. The minimum Gasteiger partial charge on any atom is -0.467 e. The monoisotopic (exact) mass is 265 g/mol. The van der Waals surface area contributed by atoms with Crippen LogP contribution in [0.5, 0.6) is 0 Å². The number of nitrogens with one attached hydrogen (secondary N) is 1. The fraction of sp³-hybridized carbons (Fsp3) is 0.273. The van der Waals surface area contributed by atoms with E-state index < -0.39 is 23.5 Å². The van der Waals surface area contributed by atoms with Crippen LogP contribution in [0.2, 0.25) is 0 Å². The SMILES string of the molecule is COC(=O)C(CO)Nc1ccc(C#N)cc1[N+](=O)[O-]. The van der Waals surface area contributed by atoms with Gasteiger partial charge < -0.3 is 15.2 Å². The minimum absolute atomic E-state index is 0.0217. The van der Waals surface area contributed by atoms with Crippen LogP contribution in [0.1, 0.15) is 5.56 Å². The number of nitriles is 1. The van der Waals surface area contributed by atoms with E-state index >= 15 is 0 Å². The van der Waals surface area contributed by atoms with Gasteiger partial charge in [0.05, 0.1) is 30.3 Å². The zero-order chi connectivity index (χ0) is 14.4. The van der Waals surface area contributed by atoms with Gasteiger partial charge in [0, 0.05) is 6.07 Å². The average Bonchev–Trinajstić information content (AvgIpc) is 2.43. The second-order valence-corrected chi connectivity index (χ2v) is 3.50. The number of nitrogens with zero attached hydrogens (tertiary/aromatic N) is 2. The second-order valence-electron chi connectivity index (χ2n) is 3.50. The molecular weight excluding hydrogens is 254 g/mol. The Balaban J connectivity index is 3.10. The van der Waals surface area contributed by atoms with Crippen LogP contribution in [0.3, 0.4) is 0 Å². The van der Waals surface area contributed by atoms with Gasteiger partial charge in [-0.05, 0) is 12.1 Å². The second kappa shape index (κ2) is 6.32. The van der Waals surface area contributed by atoms with Crippen LogP contribution in [0.25, 0.3) is 0 Å². The van der Waals surface area contributed by atoms with E-state index in [1.807, 2.05) is 0 Å². The molecule has 1 rings (SSSR count). The van der Waals surface area contributed by atoms with Gasteiger partial charge in [0.15, 0.2) is 0 Å². The van der Waals surface area contributed by atoms with E-state index in [4.69, 9.17) is 10.4 Å². The molecule has 8 heteroatoms. The summed E-state index contributed by atoms with van der Waals surface area (Å²) >= 11 is 0. The summed E-state index contributed by atoms with van der Waals surface area (Å²) < 4.78 is 4.44. The van der Waals surface area contributed by atoms with Crippen LogP contribution >= 0.6 is 0 Å². The van der Waals surface area contributed by atoms with Crippen molar-refractivity contribution < 1.29 is 19.6 Å². The highest BCUT2D eigenvalue weighted by Crippen LogP contribution is 2.26. The number of esters is 1. The fourth-order valence-electron chi connectivity index (χ4n) is 1.38. The first kappa shape index (κ1) is 14.4. The standard InChI is InChI=1S/C11H11N3O5/c1-19-11(16)9(6-15)13-8-3-2-7(5-12)4-10(8)14(17)18/h2-4,9,13,15H,6H2,1H3. The summed E-state index contributed by atoms with van der Waals surface area (Å²) in [7, 11) is 1.14. The first-order valence-corrected chi connectivity index (χ1v) is 5.17. The molecule has 0 radical (unpaired) electrons. The van der Waals surface area contributed by atoms with E-state index in [0.717, 1.165) is 13.2 Å². The first-order chi connectivity index (χ1) is 9.03. The average molecular weight is 265 g/mol. The zero-order valence-corrected chi connectivity index (χ0v) is 9.99. The molecule has 0 aliphatic carbocycles. The molecule has 0 spiro atoms. The van der Waals surface area contributed by atoms with Crippen molar-refractivity contribution in [2.24, 2.45) is 0 Å². The Morgan fingerprint density at radius 3 is 2.84 bits per heavy atom. The van der Waals surface area contributed by atoms with Gasteiger partial charge in [-0.2, -0.15) is 5.26 Å². The lowest BCUT2D eigenvalue weighted by Crippen LogP contribution is -2.34. The highest BCUT2D eigenvalue weighted by molar-refractivity contribution is 5.81. The molecule has 0 bridgehead atoms. The maximum absolute atomic E-state index is 11.3. The van der Waals surface area contributed by atoms with Gasteiger partial charge in [-0.1, -0.05) is 0 Å². The van der Waals surface area contributed by atoms with Crippen LogP contribution in [-0.4, -0.2) is 35.8 Å². The van der Waals surface area contributed by atoms with E-state index in [2.05, 4.69) is 10.1 Å². The van der Waals surface area contributed by atoms with Crippen LogP contribution in [-0.2, 0) is 9.53 Å². The topological polar surface area (TPSA) is 125 Å². The number of hydrogen-bond acceptors (Lipinski definition) is 7. The van der Waals surface area contributed by atoms with Crippen molar-refractivity contribution in [2.45, 2.75) is 6.04 Å². The molecule has 0 amide bonds. The predicted octanol–water partition coefficient (Wildman–Crippen LogP) is 0.412. The maximum atomic E-state index is 11.3. The number of carbonyl (C=O) groups excluding carboxylic acids is 1. The third-order valence-corrected chi connectivity index (χ3v) is 2.32. The van der Waals surface area contributed by atoms with Crippen LogP contribution < -0.4 is 5.32 Å². The fourth-order valence-corrected chi connectivity index (χ4v) is 1.38. The summed E-state index contributed by atoms with van der Waals surface area (Å²) in [6.45, 7) is -0.580. The Morgan fingerprint density at radius 2 is 2.37 bits per heavy atom. The van der Waals surface area contributed by atoms with Gasteiger partial charge in [-0.3, -0.25) is 10.1 Å². The molecule has 0 saturated carbocycles. The van der Waals surface area contributed by atoms with Crippen LogP contribution in [0, 0.1) is 21.4 Å². The largest absolute Gasteiger partial charge is 0.467 e. The number of aliphatic hydroxyl groups excluding tert-OH is 1. The van der Waals surface area contributed by atoms with Crippen molar-refractivity contribution in [3.05, 3.63) is 33.9 Å². The third kappa shape index (κ3) is 3.40. The summed E-state index contributed by atoms with van der Waals surface area (Å²) in [6, 6.07) is 4.40. The van der Waals surface area contributed by atoms with E-state index in [-0.39, 0.29) is 16.9 Å². The molecule has 0 heterocycles. The van der Waals surface area contributed by atoms with Crippen molar-refractivity contribution >= 4 is 17.3 Å². The predicted molar refractivity (Wildman–Crippen MR) is 64.3 cm³/mol.